The summed E-state index contributed by atoms with van der Waals surface area (Å²) in [5.74, 6) is 0.0221. The number of amides is 1. The molecule has 0 aliphatic carbocycles. The Bertz CT molecular complexity index is 443. The smallest absolute Gasteiger partial charge is 0.251 e. The maximum absolute atomic E-state index is 12.0. The van der Waals surface area contributed by atoms with Crippen LogP contribution in [0.5, 0.6) is 0 Å². The zero-order chi connectivity index (χ0) is 13.7. The van der Waals surface area contributed by atoms with E-state index >= 15 is 0 Å². The summed E-state index contributed by atoms with van der Waals surface area (Å²) in [6.07, 6.45) is 0.542. The van der Waals surface area contributed by atoms with Crippen LogP contribution in [-0.2, 0) is 4.79 Å². The van der Waals surface area contributed by atoms with E-state index < -0.39 is 11.3 Å². The van der Waals surface area contributed by atoms with Crippen molar-refractivity contribution < 1.29 is 9.59 Å². The lowest BCUT2D eigenvalue weighted by atomic mass is 10.0. The second-order valence-electron chi connectivity index (χ2n) is 4.83. The predicted molar refractivity (Wildman–Crippen MR) is 72.7 cm³/mol. The fraction of sp³-hybridized carbons (Fsp3) is 0.429. The van der Waals surface area contributed by atoms with Gasteiger partial charge in [0.05, 0.1) is 0 Å². The van der Waals surface area contributed by atoms with E-state index in [1.54, 1.807) is 12.1 Å². The van der Waals surface area contributed by atoms with Crippen molar-refractivity contribution in [3.8, 4) is 0 Å². The van der Waals surface area contributed by atoms with Crippen molar-refractivity contribution in [2.45, 2.75) is 33.2 Å². The lowest BCUT2D eigenvalue weighted by Gasteiger charge is -2.16. The number of aryl methyl sites for hydroxylation is 1. The normalized spacial score (nSPS) is 12.3. The van der Waals surface area contributed by atoms with Crippen LogP contribution in [0.4, 0.5) is 0 Å². The van der Waals surface area contributed by atoms with Crippen LogP contribution in [0.3, 0.4) is 0 Å². The van der Waals surface area contributed by atoms with E-state index in [0.717, 1.165) is 5.56 Å². The van der Waals surface area contributed by atoms with Crippen LogP contribution in [0.1, 0.15) is 36.2 Å². The van der Waals surface area contributed by atoms with E-state index in [-0.39, 0.29) is 11.8 Å². The largest absolute Gasteiger partial charge is 0.341 e. The predicted octanol–water partition coefficient (Wildman–Crippen LogP) is 2.90. The minimum atomic E-state index is -0.625. The molecule has 0 saturated carbocycles. The summed E-state index contributed by atoms with van der Waals surface area (Å²) in [7, 11) is 0. The Morgan fingerprint density at radius 3 is 2.50 bits per heavy atom. The van der Waals surface area contributed by atoms with Gasteiger partial charge in [-0.2, -0.15) is 0 Å². The van der Waals surface area contributed by atoms with Gasteiger partial charge in [-0.25, -0.2) is 0 Å². The molecule has 4 heteroatoms. The Kier molecular flexibility index (Phi) is 5.35. The number of hydrogen-bond acceptors (Lipinski definition) is 2. The molecule has 3 nitrogen and oxygen atoms in total. The quantitative estimate of drug-likeness (QED) is 0.834. The molecule has 98 valence electrons. The SMILES string of the molecule is Cc1cccc(C(=O)NC(CC(C)C)C(=O)Cl)c1. The van der Waals surface area contributed by atoms with Gasteiger partial charge in [0.25, 0.3) is 5.91 Å². The fourth-order valence-electron chi connectivity index (χ4n) is 1.71. The average Bonchev–Trinajstić information content (AvgIpc) is 2.27. The molecular weight excluding hydrogens is 250 g/mol. The van der Waals surface area contributed by atoms with E-state index in [9.17, 15) is 9.59 Å². The summed E-state index contributed by atoms with van der Waals surface area (Å²) >= 11 is 5.50. The first kappa shape index (κ1) is 14.7. The average molecular weight is 268 g/mol. The van der Waals surface area contributed by atoms with Crippen molar-refractivity contribution in [1.29, 1.82) is 0 Å². The molecule has 1 atom stereocenters. The van der Waals surface area contributed by atoms with Crippen LogP contribution in [0.15, 0.2) is 24.3 Å². The molecule has 0 aliphatic rings. The Labute approximate surface area is 113 Å². The lowest BCUT2D eigenvalue weighted by Crippen LogP contribution is -2.39. The number of rotatable bonds is 5. The molecule has 0 aliphatic heterocycles. The van der Waals surface area contributed by atoms with Crippen LogP contribution in [0.25, 0.3) is 0 Å². The van der Waals surface area contributed by atoms with Gasteiger partial charge < -0.3 is 5.32 Å². The third-order valence-electron chi connectivity index (χ3n) is 2.57. The minimum Gasteiger partial charge on any atom is -0.341 e. The van der Waals surface area contributed by atoms with Crippen molar-refractivity contribution in [1.82, 2.24) is 5.32 Å². The molecule has 1 unspecified atom stereocenters. The summed E-state index contributed by atoms with van der Waals surface area (Å²) in [6.45, 7) is 5.87. The number of carbonyl (C=O) groups is 2. The molecule has 0 aromatic heterocycles. The standard InChI is InChI=1S/C14H18ClNO2/c1-9(2)7-12(13(15)17)16-14(18)11-6-4-5-10(3)8-11/h4-6,8-9,12H,7H2,1-3H3,(H,16,18). The second kappa shape index (κ2) is 6.55. The molecule has 0 fully saturated rings. The molecule has 18 heavy (non-hydrogen) atoms. The molecular formula is C14H18ClNO2. The zero-order valence-corrected chi connectivity index (χ0v) is 11.6. The number of nitrogens with one attached hydrogen (secondary N) is 1. The van der Waals surface area contributed by atoms with Crippen LogP contribution < -0.4 is 5.32 Å². The maximum atomic E-state index is 12.0. The molecule has 1 N–H and O–H groups in total. The molecule has 0 heterocycles. The highest BCUT2D eigenvalue weighted by Crippen LogP contribution is 2.10. The first-order chi connectivity index (χ1) is 8.40. The Balaban J connectivity index is 2.75. The molecule has 0 saturated heterocycles. The number of carbonyl (C=O) groups excluding carboxylic acids is 2. The molecule has 0 radical (unpaired) electrons. The van der Waals surface area contributed by atoms with Gasteiger partial charge in [-0.15, -0.1) is 0 Å². The van der Waals surface area contributed by atoms with Gasteiger partial charge in [-0.1, -0.05) is 31.5 Å². The van der Waals surface area contributed by atoms with Crippen molar-refractivity contribution in [3.63, 3.8) is 0 Å². The molecule has 1 aromatic rings. The Morgan fingerprint density at radius 1 is 1.33 bits per heavy atom. The maximum Gasteiger partial charge on any atom is 0.251 e. The summed E-state index contributed by atoms with van der Waals surface area (Å²) in [5.41, 5.74) is 1.54. The highest BCUT2D eigenvalue weighted by Gasteiger charge is 2.20. The summed E-state index contributed by atoms with van der Waals surface area (Å²) < 4.78 is 0. The Morgan fingerprint density at radius 2 is 2.00 bits per heavy atom. The monoisotopic (exact) mass is 267 g/mol. The first-order valence-electron chi connectivity index (χ1n) is 5.97. The second-order valence-corrected chi connectivity index (χ2v) is 5.20. The molecule has 1 rings (SSSR count). The number of hydrogen-bond donors (Lipinski definition) is 1. The van der Waals surface area contributed by atoms with Crippen molar-refractivity contribution in [2.75, 3.05) is 0 Å². The van der Waals surface area contributed by atoms with Crippen molar-refractivity contribution in [3.05, 3.63) is 35.4 Å². The third-order valence-corrected chi connectivity index (χ3v) is 2.83. The van der Waals surface area contributed by atoms with Crippen LogP contribution >= 0.6 is 11.6 Å². The van der Waals surface area contributed by atoms with Gasteiger partial charge in [0.1, 0.15) is 6.04 Å². The van der Waals surface area contributed by atoms with Crippen LogP contribution in [-0.4, -0.2) is 17.2 Å². The van der Waals surface area contributed by atoms with Gasteiger partial charge in [0.15, 0.2) is 0 Å². The van der Waals surface area contributed by atoms with Gasteiger partial charge >= 0.3 is 0 Å². The van der Waals surface area contributed by atoms with E-state index in [0.29, 0.717) is 12.0 Å². The highest BCUT2D eigenvalue weighted by molar-refractivity contribution is 6.64. The lowest BCUT2D eigenvalue weighted by molar-refractivity contribution is -0.113. The van der Waals surface area contributed by atoms with Crippen molar-refractivity contribution >= 4 is 22.8 Å². The molecule has 1 aromatic carbocycles. The Hall–Kier alpha value is -1.35. The van der Waals surface area contributed by atoms with Gasteiger partial charge in [0.2, 0.25) is 5.24 Å². The zero-order valence-electron chi connectivity index (χ0n) is 10.9. The molecule has 1 amide bonds. The van der Waals surface area contributed by atoms with Gasteiger partial charge in [-0.3, -0.25) is 9.59 Å². The van der Waals surface area contributed by atoms with Crippen LogP contribution in [0, 0.1) is 12.8 Å². The van der Waals surface area contributed by atoms with Gasteiger partial charge in [0, 0.05) is 5.56 Å². The van der Waals surface area contributed by atoms with Crippen molar-refractivity contribution in [2.24, 2.45) is 5.92 Å². The summed E-state index contributed by atoms with van der Waals surface area (Å²) in [4.78, 5) is 23.2. The third kappa shape index (κ3) is 4.49. The minimum absolute atomic E-state index is 0.265. The fourth-order valence-corrected chi connectivity index (χ4v) is 1.85. The summed E-state index contributed by atoms with van der Waals surface area (Å²) in [6, 6.07) is 6.59. The molecule has 0 spiro atoms. The topological polar surface area (TPSA) is 46.2 Å². The van der Waals surface area contributed by atoms with Gasteiger partial charge in [-0.05, 0) is 43.0 Å². The van der Waals surface area contributed by atoms with E-state index in [1.807, 2.05) is 32.9 Å². The number of benzene rings is 1. The van der Waals surface area contributed by atoms with E-state index in [4.69, 9.17) is 11.6 Å². The molecule has 0 bridgehead atoms. The van der Waals surface area contributed by atoms with E-state index in [2.05, 4.69) is 5.32 Å². The van der Waals surface area contributed by atoms with E-state index in [1.165, 1.54) is 0 Å². The highest BCUT2D eigenvalue weighted by atomic mass is 35.5. The first-order valence-corrected chi connectivity index (χ1v) is 6.35. The number of halogens is 1. The van der Waals surface area contributed by atoms with Crippen LogP contribution in [0.2, 0.25) is 0 Å². The summed E-state index contributed by atoms with van der Waals surface area (Å²) in [5, 5.41) is 2.15.